The molecule has 0 saturated heterocycles. The van der Waals surface area contributed by atoms with Gasteiger partial charge in [-0.05, 0) is 36.5 Å². The highest BCUT2D eigenvalue weighted by Gasteiger charge is 2.30. The van der Waals surface area contributed by atoms with Crippen LogP contribution in [0.2, 0.25) is 5.02 Å². The average molecular weight is 422 g/mol. The molecule has 0 unspecified atom stereocenters. The zero-order valence-corrected chi connectivity index (χ0v) is 16.8. The number of ketones is 1. The number of hydrogen-bond acceptors (Lipinski definition) is 6. The molecule has 1 saturated carbocycles. The fourth-order valence-electron chi connectivity index (χ4n) is 3.43. The Kier molecular flexibility index (Phi) is 6.10. The van der Waals surface area contributed by atoms with Crippen molar-refractivity contribution in [2.24, 2.45) is 5.92 Å². The lowest BCUT2D eigenvalue weighted by Crippen LogP contribution is -2.24. The molecule has 1 aliphatic carbocycles. The molecule has 3 rings (SSSR count). The van der Waals surface area contributed by atoms with Crippen LogP contribution in [0.4, 0.5) is 5.82 Å². The highest BCUT2D eigenvalue weighted by atomic mass is 35.5. The Morgan fingerprint density at radius 2 is 2.14 bits per heavy atom. The number of Topliss-reactive ketones (excluding diaryl/α,β-unsaturated/α-hetero) is 1. The van der Waals surface area contributed by atoms with Crippen molar-refractivity contribution >= 4 is 38.9 Å². The van der Waals surface area contributed by atoms with Crippen molar-refractivity contribution in [3.05, 3.63) is 47.4 Å². The summed E-state index contributed by atoms with van der Waals surface area (Å²) in [6.45, 7) is 0. The fraction of sp³-hybridized carbons (Fsp3) is 0.368. The van der Waals surface area contributed by atoms with E-state index in [1.807, 2.05) is 0 Å². The van der Waals surface area contributed by atoms with Gasteiger partial charge in [0.2, 0.25) is 5.91 Å². The maximum absolute atomic E-state index is 13.0. The number of nitrogens with one attached hydrogen (secondary N) is 1. The summed E-state index contributed by atoms with van der Waals surface area (Å²) in [7, 11) is -3.47. The highest BCUT2D eigenvalue weighted by molar-refractivity contribution is 7.90. The van der Waals surface area contributed by atoms with Crippen LogP contribution < -0.4 is 5.32 Å². The van der Waals surface area contributed by atoms with E-state index < -0.39 is 15.8 Å². The van der Waals surface area contributed by atoms with Gasteiger partial charge in [-0.1, -0.05) is 17.7 Å². The highest BCUT2D eigenvalue weighted by Crippen LogP contribution is 2.35. The normalized spacial score (nSPS) is 18.1. The van der Waals surface area contributed by atoms with E-state index in [-0.39, 0.29) is 27.5 Å². The lowest BCUT2D eigenvalue weighted by Gasteiger charge is -2.20. The second kappa shape index (κ2) is 8.36. The van der Waals surface area contributed by atoms with E-state index in [4.69, 9.17) is 11.6 Å². The number of halogens is 1. The Labute approximate surface area is 168 Å². The summed E-state index contributed by atoms with van der Waals surface area (Å²) < 4.78 is 23.6. The van der Waals surface area contributed by atoms with Gasteiger partial charge in [0, 0.05) is 31.5 Å². The Balaban J connectivity index is 1.90. The monoisotopic (exact) mass is 421 g/mol. The van der Waals surface area contributed by atoms with Gasteiger partial charge in [0.1, 0.15) is 5.78 Å². The van der Waals surface area contributed by atoms with Crippen molar-refractivity contribution in [1.29, 1.82) is 0 Å². The van der Waals surface area contributed by atoms with E-state index >= 15 is 0 Å². The summed E-state index contributed by atoms with van der Waals surface area (Å²) in [6.07, 6.45) is 7.67. The van der Waals surface area contributed by atoms with Crippen LogP contribution in [-0.4, -0.2) is 36.3 Å². The van der Waals surface area contributed by atoms with Crippen LogP contribution in [0, 0.1) is 5.92 Å². The Bertz CT molecular complexity index is 995. The number of benzene rings is 1. The van der Waals surface area contributed by atoms with Crippen LogP contribution >= 0.6 is 11.6 Å². The first-order chi connectivity index (χ1) is 13.2. The van der Waals surface area contributed by atoms with Crippen LogP contribution in [0.5, 0.6) is 0 Å². The van der Waals surface area contributed by atoms with Crippen LogP contribution in [0.1, 0.15) is 37.2 Å². The zero-order valence-electron chi connectivity index (χ0n) is 15.3. The van der Waals surface area contributed by atoms with E-state index in [9.17, 15) is 18.0 Å². The minimum atomic E-state index is -3.47. The van der Waals surface area contributed by atoms with Crippen molar-refractivity contribution in [2.45, 2.75) is 36.5 Å². The van der Waals surface area contributed by atoms with Crippen molar-refractivity contribution in [3.63, 3.8) is 0 Å². The molecule has 28 heavy (non-hydrogen) atoms. The molecule has 0 bridgehead atoms. The van der Waals surface area contributed by atoms with Gasteiger partial charge in [0.25, 0.3) is 0 Å². The Morgan fingerprint density at radius 1 is 1.36 bits per heavy atom. The third-order valence-corrected chi connectivity index (χ3v) is 6.39. The average Bonchev–Trinajstić information content (AvgIpc) is 3.04. The first-order valence-corrected chi connectivity index (χ1v) is 11.1. The van der Waals surface area contributed by atoms with Crippen LogP contribution in [0.25, 0.3) is 0 Å². The van der Waals surface area contributed by atoms with Gasteiger partial charge < -0.3 is 5.32 Å². The third kappa shape index (κ3) is 4.94. The van der Waals surface area contributed by atoms with E-state index in [0.717, 1.165) is 12.7 Å². The number of anilines is 1. The quantitative estimate of drug-likeness (QED) is 0.768. The fourth-order valence-corrected chi connectivity index (χ4v) is 4.77. The van der Waals surface area contributed by atoms with Crippen molar-refractivity contribution in [2.75, 3.05) is 11.6 Å². The Hall–Kier alpha value is -2.32. The summed E-state index contributed by atoms with van der Waals surface area (Å²) >= 11 is 6.18. The summed E-state index contributed by atoms with van der Waals surface area (Å²) in [5.74, 6) is -0.284. The van der Waals surface area contributed by atoms with Crippen LogP contribution in [-0.2, 0) is 19.4 Å². The van der Waals surface area contributed by atoms with Gasteiger partial charge in [0.15, 0.2) is 15.7 Å². The predicted octanol–water partition coefficient (Wildman–Crippen LogP) is 3.02. The predicted molar refractivity (Wildman–Crippen MR) is 105 cm³/mol. The topological polar surface area (TPSA) is 106 Å². The van der Waals surface area contributed by atoms with E-state index in [1.165, 1.54) is 30.7 Å². The van der Waals surface area contributed by atoms with Crippen LogP contribution in [0.3, 0.4) is 0 Å². The standard InChI is InChI=1S/C19H20ClN3O4S/c1-28(26,27)17-5-3-13(10-16(17)20)15(9-12-2-4-14(24)8-12)19(25)23-18-11-21-6-7-22-18/h3,5-7,10-12,15H,2,4,8-9H2,1H3,(H,22,23,25)/t12-,15-/m0/s1. The molecule has 0 radical (unpaired) electrons. The van der Waals surface area contributed by atoms with Gasteiger partial charge in [-0.3, -0.25) is 14.6 Å². The molecule has 2 atom stereocenters. The molecule has 148 valence electrons. The summed E-state index contributed by atoms with van der Waals surface area (Å²) in [4.78, 5) is 32.6. The maximum Gasteiger partial charge on any atom is 0.233 e. The molecule has 1 fully saturated rings. The molecule has 9 heteroatoms. The lowest BCUT2D eigenvalue weighted by atomic mass is 9.87. The number of hydrogen-bond donors (Lipinski definition) is 1. The molecule has 1 aromatic carbocycles. The van der Waals surface area contributed by atoms with Crippen molar-refractivity contribution < 1.29 is 18.0 Å². The maximum atomic E-state index is 13.0. The molecule has 1 aliphatic rings. The number of sulfone groups is 1. The second-order valence-corrected chi connectivity index (χ2v) is 9.37. The lowest BCUT2D eigenvalue weighted by molar-refractivity contribution is -0.119. The Morgan fingerprint density at radius 3 is 2.71 bits per heavy atom. The van der Waals surface area contributed by atoms with Gasteiger partial charge in [-0.25, -0.2) is 13.4 Å². The zero-order chi connectivity index (χ0) is 20.3. The minimum Gasteiger partial charge on any atom is -0.309 e. The van der Waals surface area contributed by atoms with Gasteiger partial charge in [-0.15, -0.1) is 0 Å². The number of nitrogens with zero attached hydrogens (tertiary/aromatic N) is 2. The summed E-state index contributed by atoms with van der Waals surface area (Å²) in [5.41, 5.74) is 0.595. The van der Waals surface area contributed by atoms with Gasteiger partial charge >= 0.3 is 0 Å². The summed E-state index contributed by atoms with van der Waals surface area (Å²) in [5, 5.41) is 2.80. The van der Waals surface area contributed by atoms with E-state index in [0.29, 0.717) is 30.6 Å². The molecular formula is C19H20ClN3O4S. The molecule has 1 amide bonds. The second-order valence-electron chi connectivity index (χ2n) is 6.98. The molecular weight excluding hydrogens is 402 g/mol. The SMILES string of the molecule is CS(=O)(=O)c1ccc([C@H](C[C@H]2CCC(=O)C2)C(=O)Nc2cnccn2)cc1Cl. The van der Waals surface area contributed by atoms with Crippen molar-refractivity contribution in [3.8, 4) is 0 Å². The molecule has 1 heterocycles. The van der Waals surface area contributed by atoms with Crippen LogP contribution in [0.15, 0.2) is 41.7 Å². The third-order valence-electron chi connectivity index (χ3n) is 4.81. The molecule has 0 aliphatic heterocycles. The molecule has 7 nitrogen and oxygen atoms in total. The number of carbonyl (C=O) groups excluding carboxylic acids is 2. The van der Waals surface area contributed by atoms with E-state index in [1.54, 1.807) is 6.07 Å². The summed E-state index contributed by atoms with van der Waals surface area (Å²) in [6, 6.07) is 4.52. The van der Waals surface area contributed by atoms with Gasteiger partial charge in [0.05, 0.1) is 22.0 Å². The smallest absolute Gasteiger partial charge is 0.233 e. The number of rotatable bonds is 6. The first kappa shape index (κ1) is 20.4. The number of amides is 1. The minimum absolute atomic E-state index is 0.0158. The van der Waals surface area contributed by atoms with E-state index in [2.05, 4.69) is 15.3 Å². The van der Waals surface area contributed by atoms with Gasteiger partial charge in [-0.2, -0.15) is 0 Å². The first-order valence-electron chi connectivity index (χ1n) is 8.82. The largest absolute Gasteiger partial charge is 0.309 e. The number of carbonyl (C=O) groups is 2. The van der Waals surface area contributed by atoms with Crippen molar-refractivity contribution in [1.82, 2.24) is 9.97 Å². The number of aromatic nitrogens is 2. The molecule has 2 aromatic rings. The molecule has 0 spiro atoms. The molecule has 1 aromatic heterocycles. The molecule has 1 N–H and O–H groups in total.